The van der Waals surface area contributed by atoms with Crippen LogP contribution in [0.3, 0.4) is 0 Å². The molecule has 1 aromatic carbocycles. The summed E-state index contributed by atoms with van der Waals surface area (Å²) in [4.78, 5) is 26.6. The van der Waals surface area contributed by atoms with Crippen LogP contribution >= 0.6 is 0 Å². The van der Waals surface area contributed by atoms with Crippen molar-refractivity contribution >= 4 is 16.7 Å². The number of aromatic nitrogens is 6. The summed E-state index contributed by atoms with van der Waals surface area (Å²) in [5.74, 6) is 1.65. The number of hydrogen-bond acceptors (Lipinski definition) is 6. The molecule has 0 saturated carbocycles. The Hall–Kier alpha value is -4.07. The lowest BCUT2D eigenvalue weighted by Gasteiger charge is -2.13. The molecule has 0 amide bonds. The Morgan fingerprint density at radius 2 is 1.83 bits per heavy atom. The van der Waals surface area contributed by atoms with Gasteiger partial charge in [-0.3, -0.25) is 9.78 Å². The standard InChI is InChI=1S/C22H18N6O2/c1-14-24-22-25-17-9-12-27(13-15-7-10-23-11-8-15)21(29)19(17)20(28(22)26-14)16-5-3-4-6-18(16)30-2/h3-12H,13H2,1-2H3. The van der Waals surface area contributed by atoms with Crippen LogP contribution in [0, 0.1) is 6.92 Å². The van der Waals surface area contributed by atoms with Gasteiger partial charge in [0.15, 0.2) is 0 Å². The number of pyridine rings is 2. The zero-order chi connectivity index (χ0) is 20.7. The molecular formula is C22H18N6O2. The van der Waals surface area contributed by atoms with E-state index >= 15 is 0 Å². The van der Waals surface area contributed by atoms with E-state index in [1.807, 2.05) is 42.5 Å². The topological polar surface area (TPSA) is 87.2 Å². The highest BCUT2D eigenvalue weighted by Gasteiger charge is 2.20. The van der Waals surface area contributed by atoms with Crippen LogP contribution in [0.4, 0.5) is 0 Å². The number of aryl methyl sites for hydroxylation is 1. The molecule has 0 saturated heterocycles. The molecule has 0 fully saturated rings. The number of hydrogen-bond donors (Lipinski definition) is 0. The molecule has 5 rings (SSSR count). The first-order chi connectivity index (χ1) is 14.7. The van der Waals surface area contributed by atoms with E-state index in [1.54, 1.807) is 41.7 Å². The van der Waals surface area contributed by atoms with Crippen molar-refractivity contribution in [2.24, 2.45) is 0 Å². The zero-order valence-corrected chi connectivity index (χ0v) is 16.5. The first-order valence-electron chi connectivity index (χ1n) is 9.44. The van der Waals surface area contributed by atoms with Gasteiger partial charge in [0.1, 0.15) is 11.6 Å². The van der Waals surface area contributed by atoms with Gasteiger partial charge >= 0.3 is 0 Å². The van der Waals surface area contributed by atoms with Crippen LogP contribution in [0.2, 0.25) is 0 Å². The Morgan fingerprint density at radius 1 is 1.03 bits per heavy atom. The summed E-state index contributed by atoms with van der Waals surface area (Å²) in [6.07, 6.45) is 5.18. The third-order valence-corrected chi connectivity index (χ3v) is 4.97. The number of benzene rings is 1. The molecule has 0 radical (unpaired) electrons. The molecule has 0 spiro atoms. The van der Waals surface area contributed by atoms with Crippen LogP contribution in [0.25, 0.3) is 27.9 Å². The lowest BCUT2D eigenvalue weighted by atomic mass is 10.1. The number of para-hydroxylation sites is 1. The largest absolute Gasteiger partial charge is 0.496 e. The summed E-state index contributed by atoms with van der Waals surface area (Å²) >= 11 is 0. The molecule has 0 N–H and O–H groups in total. The molecule has 148 valence electrons. The van der Waals surface area contributed by atoms with Gasteiger partial charge in [-0.15, -0.1) is 5.10 Å². The summed E-state index contributed by atoms with van der Waals surface area (Å²) < 4.78 is 8.85. The van der Waals surface area contributed by atoms with Crippen LogP contribution in [0.15, 0.2) is 65.8 Å². The number of nitrogens with zero attached hydrogens (tertiary/aromatic N) is 6. The minimum atomic E-state index is -0.159. The Labute approximate surface area is 171 Å². The number of ether oxygens (including phenoxy) is 1. The maximum absolute atomic E-state index is 13.6. The second kappa shape index (κ2) is 7.07. The third-order valence-electron chi connectivity index (χ3n) is 4.97. The monoisotopic (exact) mass is 398 g/mol. The third kappa shape index (κ3) is 2.89. The molecule has 0 unspecified atom stereocenters. The molecule has 4 heterocycles. The van der Waals surface area contributed by atoms with Gasteiger partial charge in [0.25, 0.3) is 11.3 Å². The maximum Gasteiger partial charge on any atom is 0.262 e. The summed E-state index contributed by atoms with van der Waals surface area (Å²) in [5.41, 5.74) is 2.75. The minimum absolute atomic E-state index is 0.159. The average molecular weight is 398 g/mol. The Bertz CT molecular complexity index is 1440. The van der Waals surface area contributed by atoms with Crippen LogP contribution in [0.5, 0.6) is 5.75 Å². The van der Waals surface area contributed by atoms with Gasteiger partial charge in [-0.2, -0.15) is 9.50 Å². The lowest BCUT2D eigenvalue weighted by Crippen LogP contribution is -2.22. The summed E-state index contributed by atoms with van der Waals surface area (Å²) in [6, 6.07) is 13.2. The predicted molar refractivity (Wildman–Crippen MR) is 113 cm³/mol. The molecule has 0 aliphatic rings. The van der Waals surface area contributed by atoms with Crippen LogP contribution in [-0.2, 0) is 6.54 Å². The van der Waals surface area contributed by atoms with E-state index in [-0.39, 0.29) is 5.56 Å². The minimum Gasteiger partial charge on any atom is -0.496 e. The summed E-state index contributed by atoms with van der Waals surface area (Å²) in [6.45, 7) is 2.23. The van der Waals surface area contributed by atoms with E-state index in [1.165, 1.54) is 0 Å². The number of fused-ring (bicyclic) bond motifs is 2. The van der Waals surface area contributed by atoms with Gasteiger partial charge in [-0.1, -0.05) is 12.1 Å². The normalized spacial score (nSPS) is 11.3. The average Bonchev–Trinajstić information content (AvgIpc) is 3.14. The fourth-order valence-corrected chi connectivity index (χ4v) is 3.62. The van der Waals surface area contributed by atoms with E-state index in [0.29, 0.717) is 40.5 Å². The second-order valence-electron chi connectivity index (χ2n) is 6.90. The van der Waals surface area contributed by atoms with Gasteiger partial charge < -0.3 is 9.30 Å². The van der Waals surface area contributed by atoms with Crippen molar-refractivity contribution in [2.45, 2.75) is 13.5 Å². The molecule has 4 aromatic heterocycles. The Morgan fingerprint density at radius 3 is 2.63 bits per heavy atom. The molecule has 0 bridgehead atoms. The predicted octanol–water partition coefficient (Wildman–Crippen LogP) is 2.87. The first-order valence-corrected chi connectivity index (χ1v) is 9.44. The smallest absolute Gasteiger partial charge is 0.262 e. The van der Waals surface area contributed by atoms with E-state index in [9.17, 15) is 4.79 Å². The van der Waals surface area contributed by atoms with E-state index in [4.69, 9.17) is 4.74 Å². The van der Waals surface area contributed by atoms with Crippen molar-refractivity contribution in [3.63, 3.8) is 0 Å². The highest BCUT2D eigenvalue weighted by atomic mass is 16.5. The molecule has 0 aliphatic carbocycles. The lowest BCUT2D eigenvalue weighted by molar-refractivity contribution is 0.416. The number of rotatable bonds is 4. The highest BCUT2D eigenvalue weighted by molar-refractivity contribution is 5.94. The van der Waals surface area contributed by atoms with Gasteiger partial charge in [-0.05, 0) is 42.8 Å². The molecule has 0 atom stereocenters. The van der Waals surface area contributed by atoms with Crippen LogP contribution in [0.1, 0.15) is 11.4 Å². The maximum atomic E-state index is 13.6. The fourth-order valence-electron chi connectivity index (χ4n) is 3.62. The molecule has 8 nitrogen and oxygen atoms in total. The SMILES string of the molecule is COc1ccccc1-c1c2c(=O)n(Cc3ccncc3)ccc2nc2nc(C)nn12. The second-order valence-corrected chi connectivity index (χ2v) is 6.90. The van der Waals surface area contributed by atoms with Crippen molar-refractivity contribution in [1.29, 1.82) is 0 Å². The van der Waals surface area contributed by atoms with E-state index < -0.39 is 0 Å². The van der Waals surface area contributed by atoms with Crippen molar-refractivity contribution < 1.29 is 4.74 Å². The van der Waals surface area contributed by atoms with Crippen molar-refractivity contribution in [1.82, 2.24) is 29.1 Å². The Balaban J connectivity index is 1.86. The zero-order valence-electron chi connectivity index (χ0n) is 16.5. The molecule has 30 heavy (non-hydrogen) atoms. The summed E-state index contributed by atoms with van der Waals surface area (Å²) in [5, 5.41) is 4.97. The first kappa shape index (κ1) is 18.0. The van der Waals surface area contributed by atoms with Gasteiger partial charge in [0.2, 0.25) is 0 Å². The van der Waals surface area contributed by atoms with Crippen molar-refractivity contribution in [2.75, 3.05) is 7.11 Å². The number of methoxy groups -OCH3 is 1. The highest BCUT2D eigenvalue weighted by Crippen LogP contribution is 2.33. The van der Waals surface area contributed by atoms with E-state index in [2.05, 4.69) is 20.1 Å². The van der Waals surface area contributed by atoms with Gasteiger partial charge in [0.05, 0.1) is 30.3 Å². The molecule has 8 heteroatoms. The molecular weight excluding hydrogens is 380 g/mol. The van der Waals surface area contributed by atoms with Gasteiger partial charge in [-0.25, -0.2) is 4.98 Å². The summed E-state index contributed by atoms with van der Waals surface area (Å²) in [7, 11) is 1.60. The van der Waals surface area contributed by atoms with Crippen molar-refractivity contribution in [3.8, 4) is 17.0 Å². The van der Waals surface area contributed by atoms with Crippen LogP contribution < -0.4 is 10.3 Å². The molecule has 0 aliphatic heterocycles. The van der Waals surface area contributed by atoms with Crippen molar-refractivity contribution in [3.05, 3.63) is 82.8 Å². The fraction of sp³-hybridized carbons (Fsp3) is 0.136. The van der Waals surface area contributed by atoms with Gasteiger partial charge in [0, 0.05) is 24.2 Å². The Kier molecular flexibility index (Phi) is 4.24. The van der Waals surface area contributed by atoms with E-state index in [0.717, 1.165) is 11.1 Å². The molecule has 5 aromatic rings. The van der Waals surface area contributed by atoms with Crippen LogP contribution in [-0.4, -0.2) is 36.2 Å². The quantitative estimate of drug-likeness (QED) is 0.463.